The lowest BCUT2D eigenvalue weighted by Gasteiger charge is -2.05. The van der Waals surface area contributed by atoms with Crippen molar-refractivity contribution in [3.63, 3.8) is 0 Å². The molecule has 0 fully saturated rings. The van der Waals surface area contributed by atoms with Gasteiger partial charge in [-0.25, -0.2) is 0 Å². The minimum absolute atomic E-state index is 0.609. The quantitative estimate of drug-likeness (QED) is 0.618. The van der Waals surface area contributed by atoms with Crippen LogP contribution in [0.5, 0.6) is 0 Å². The molecule has 0 saturated carbocycles. The third-order valence-electron chi connectivity index (χ3n) is 1.38. The van der Waals surface area contributed by atoms with Crippen LogP contribution in [-0.4, -0.2) is 6.54 Å². The molecule has 0 bridgehead atoms. The molecule has 52 valence electrons. The van der Waals surface area contributed by atoms with E-state index >= 15 is 0 Å². The zero-order chi connectivity index (χ0) is 7.23. The molecule has 0 radical (unpaired) electrons. The van der Waals surface area contributed by atoms with Gasteiger partial charge in [0.2, 0.25) is 0 Å². The molecule has 0 aliphatic carbocycles. The van der Waals surface area contributed by atoms with Crippen molar-refractivity contribution in [2.24, 2.45) is 0 Å². The fourth-order valence-corrected chi connectivity index (χ4v) is 0.872. The molecule has 0 atom stereocenters. The maximum Gasteiger partial charge on any atom is 0.0625 e. The third-order valence-corrected chi connectivity index (χ3v) is 1.38. The number of dihydropyridines is 1. The highest BCUT2D eigenvalue weighted by atomic mass is 14.8. The maximum absolute atomic E-state index is 8.28. The number of nitriles is 1. The minimum Gasteiger partial charge on any atom is -0.387 e. The number of nitrogens with one attached hydrogen (secondary N) is 1. The molecule has 0 aromatic heterocycles. The van der Waals surface area contributed by atoms with Gasteiger partial charge in [0, 0.05) is 13.0 Å². The van der Waals surface area contributed by atoms with Crippen molar-refractivity contribution in [3.8, 4) is 6.07 Å². The van der Waals surface area contributed by atoms with Gasteiger partial charge in [-0.15, -0.1) is 0 Å². The summed E-state index contributed by atoms with van der Waals surface area (Å²) >= 11 is 0. The molecule has 2 heteroatoms. The second kappa shape index (κ2) is 3.73. The molecule has 2 nitrogen and oxygen atoms in total. The van der Waals surface area contributed by atoms with Gasteiger partial charge in [0.15, 0.2) is 0 Å². The van der Waals surface area contributed by atoms with Crippen LogP contribution in [0.2, 0.25) is 0 Å². The highest BCUT2D eigenvalue weighted by molar-refractivity contribution is 5.22. The van der Waals surface area contributed by atoms with Crippen molar-refractivity contribution < 1.29 is 0 Å². The van der Waals surface area contributed by atoms with Gasteiger partial charge in [-0.3, -0.25) is 0 Å². The first-order valence-electron chi connectivity index (χ1n) is 3.39. The van der Waals surface area contributed by atoms with Crippen LogP contribution in [0.15, 0.2) is 23.9 Å². The molecule has 0 aromatic rings. The third kappa shape index (κ3) is 1.94. The van der Waals surface area contributed by atoms with Gasteiger partial charge >= 0.3 is 0 Å². The summed E-state index contributed by atoms with van der Waals surface area (Å²) in [6.07, 6.45) is 7.57. The summed E-state index contributed by atoms with van der Waals surface area (Å²) in [5.74, 6) is 0. The maximum atomic E-state index is 8.28. The Morgan fingerprint density at radius 1 is 1.70 bits per heavy atom. The van der Waals surface area contributed by atoms with Crippen molar-refractivity contribution in [1.82, 2.24) is 5.32 Å². The molecule has 0 aromatic carbocycles. The van der Waals surface area contributed by atoms with Crippen LogP contribution >= 0.6 is 0 Å². The molecule has 1 heterocycles. The van der Waals surface area contributed by atoms with E-state index in [1.54, 1.807) is 0 Å². The monoisotopic (exact) mass is 134 g/mol. The van der Waals surface area contributed by atoms with E-state index in [-0.39, 0.29) is 0 Å². The zero-order valence-electron chi connectivity index (χ0n) is 5.80. The first kappa shape index (κ1) is 6.88. The SMILES string of the molecule is N#CCCC1=CNCC=C1. The lowest BCUT2D eigenvalue weighted by molar-refractivity contribution is 0.910. The molecule has 1 aliphatic heterocycles. The predicted molar refractivity (Wildman–Crippen MR) is 40.1 cm³/mol. The second-order valence-corrected chi connectivity index (χ2v) is 2.19. The summed E-state index contributed by atoms with van der Waals surface area (Å²) < 4.78 is 0. The number of nitrogens with zero attached hydrogens (tertiary/aromatic N) is 1. The van der Waals surface area contributed by atoms with E-state index in [1.807, 2.05) is 6.20 Å². The topological polar surface area (TPSA) is 35.8 Å². The fourth-order valence-electron chi connectivity index (χ4n) is 0.872. The van der Waals surface area contributed by atoms with Crippen LogP contribution in [0.25, 0.3) is 0 Å². The normalized spacial score (nSPS) is 15.3. The Morgan fingerprint density at radius 2 is 2.60 bits per heavy atom. The van der Waals surface area contributed by atoms with Crippen LogP contribution in [0, 0.1) is 11.3 Å². The van der Waals surface area contributed by atoms with E-state index in [9.17, 15) is 0 Å². The first-order chi connectivity index (χ1) is 4.93. The fraction of sp³-hybridized carbons (Fsp3) is 0.375. The standard InChI is InChI=1S/C8H10N2/c9-5-1-3-8-4-2-6-10-7-8/h2,4,7,10H,1,3,6H2. The van der Waals surface area contributed by atoms with Gasteiger partial charge in [0.1, 0.15) is 0 Å². The number of hydrogen-bond acceptors (Lipinski definition) is 2. The largest absolute Gasteiger partial charge is 0.387 e. The molecular formula is C8H10N2. The van der Waals surface area contributed by atoms with Gasteiger partial charge in [-0.05, 0) is 18.2 Å². The molecule has 1 rings (SSSR count). The minimum atomic E-state index is 0.609. The van der Waals surface area contributed by atoms with Crippen LogP contribution in [-0.2, 0) is 0 Å². The van der Waals surface area contributed by atoms with Crippen LogP contribution in [0.3, 0.4) is 0 Å². The summed E-state index contributed by atoms with van der Waals surface area (Å²) in [5.41, 5.74) is 1.22. The predicted octanol–water partition coefficient (Wildman–Crippen LogP) is 1.33. The lowest BCUT2D eigenvalue weighted by atomic mass is 10.1. The van der Waals surface area contributed by atoms with Gasteiger partial charge in [-0.1, -0.05) is 12.2 Å². The first-order valence-corrected chi connectivity index (χ1v) is 3.39. The Balaban J connectivity index is 2.34. The van der Waals surface area contributed by atoms with Crippen LogP contribution in [0.4, 0.5) is 0 Å². The van der Waals surface area contributed by atoms with Crippen LogP contribution in [0.1, 0.15) is 12.8 Å². The smallest absolute Gasteiger partial charge is 0.0625 e. The average Bonchev–Trinajstić information content (AvgIpc) is 2.03. The summed E-state index contributed by atoms with van der Waals surface area (Å²) in [6.45, 7) is 0.913. The molecule has 0 saturated heterocycles. The number of rotatable bonds is 2. The summed E-state index contributed by atoms with van der Waals surface area (Å²) in [5, 5.41) is 11.4. The molecule has 0 unspecified atom stereocenters. The Morgan fingerprint density at radius 3 is 3.20 bits per heavy atom. The number of allylic oxidation sites excluding steroid dienone is 2. The van der Waals surface area contributed by atoms with E-state index in [0.717, 1.165) is 13.0 Å². The highest BCUT2D eigenvalue weighted by Crippen LogP contribution is 2.06. The zero-order valence-corrected chi connectivity index (χ0v) is 5.80. The number of hydrogen-bond donors (Lipinski definition) is 1. The van der Waals surface area contributed by atoms with Gasteiger partial charge in [-0.2, -0.15) is 5.26 Å². The Labute approximate surface area is 60.9 Å². The molecule has 0 spiro atoms. The van der Waals surface area contributed by atoms with E-state index in [0.29, 0.717) is 6.42 Å². The van der Waals surface area contributed by atoms with Crippen LogP contribution < -0.4 is 5.32 Å². The van der Waals surface area contributed by atoms with Gasteiger partial charge in [0.05, 0.1) is 6.07 Å². The molecule has 10 heavy (non-hydrogen) atoms. The molecular weight excluding hydrogens is 124 g/mol. The van der Waals surface area contributed by atoms with Crippen molar-refractivity contribution in [2.75, 3.05) is 6.54 Å². The van der Waals surface area contributed by atoms with Crippen molar-refractivity contribution in [1.29, 1.82) is 5.26 Å². The summed E-state index contributed by atoms with van der Waals surface area (Å²) in [4.78, 5) is 0. The van der Waals surface area contributed by atoms with Crippen molar-refractivity contribution in [2.45, 2.75) is 12.8 Å². The van der Waals surface area contributed by atoms with E-state index < -0.39 is 0 Å². The molecule has 1 aliphatic rings. The Bertz CT molecular complexity index is 196. The van der Waals surface area contributed by atoms with Crippen molar-refractivity contribution in [3.05, 3.63) is 23.9 Å². The highest BCUT2D eigenvalue weighted by Gasteiger charge is 1.94. The summed E-state index contributed by atoms with van der Waals surface area (Å²) in [7, 11) is 0. The lowest BCUT2D eigenvalue weighted by Crippen LogP contribution is -2.08. The Hall–Kier alpha value is -1.23. The molecule has 1 N–H and O–H groups in total. The Kier molecular flexibility index (Phi) is 2.57. The van der Waals surface area contributed by atoms with E-state index in [4.69, 9.17) is 5.26 Å². The van der Waals surface area contributed by atoms with Gasteiger partial charge < -0.3 is 5.32 Å². The molecule has 0 amide bonds. The van der Waals surface area contributed by atoms with Gasteiger partial charge in [0.25, 0.3) is 0 Å². The van der Waals surface area contributed by atoms with Crippen molar-refractivity contribution >= 4 is 0 Å². The average molecular weight is 134 g/mol. The summed E-state index contributed by atoms with van der Waals surface area (Å²) in [6, 6.07) is 2.11. The van der Waals surface area contributed by atoms with E-state index in [1.165, 1.54) is 5.57 Å². The second-order valence-electron chi connectivity index (χ2n) is 2.19. The van der Waals surface area contributed by atoms with E-state index in [2.05, 4.69) is 23.5 Å².